The van der Waals surface area contributed by atoms with Crippen LogP contribution < -0.4 is 10.2 Å². The van der Waals surface area contributed by atoms with Crippen molar-refractivity contribution in [2.45, 2.75) is 39.7 Å². The molecule has 1 atom stereocenters. The van der Waals surface area contributed by atoms with Gasteiger partial charge in [0.05, 0.1) is 0 Å². The van der Waals surface area contributed by atoms with Gasteiger partial charge in [0.15, 0.2) is 0 Å². The van der Waals surface area contributed by atoms with Crippen LogP contribution in [-0.4, -0.2) is 20.1 Å². The van der Waals surface area contributed by atoms with E-state index in [0.29, 0.717) is 6.04 Å². The predicted molar refractivity (Wildman–Crippen MR) is 76.7 cm³/mol. The molecule has 0 aliphatic rings. The van der Waals surface area contributed by atoms with Crippen LogP contribution >= 0.6 is 0 Å². The summed E-state index contributed by atoms with van der Waals surface area (Å²) in [6, 6.07) is 9.34. The molecular formula is C15H26N2. The van der Waals surface area contributed by atoms with Gasteiger partial charge in [0.1, 0.15) is 0 Å². The summed E-state index contributed by atoms with van der Waals surface area (Å²) in [6.45, 7) is 8.73. The fourth-order valence-electron chi connectivity index (χ4n) is 1.97. The van der Waals surface area contributed by atoms with Crippen molar-refractivity contribution in [2.24, 2.45) is 0 Å². The molecule has 0 fully saturated rings. The number of rotatable bonds is 7. The highest BCUT2D eigenvalue weighted by atomic mass is 15.1. The van der Waals surface area contributed by atoms with Crippen LogP contribution in [-0.2, 0) is 0 Å². The van der Waals surface area contributed by atoms with Gasteiger partial charge in [0.25, 0.3) is 0 Å². The second-order valence-corrected chi connectivity index (χ2v) is 4.65. The highest BCUT2D eigenvalue weighted by Crippen LogP contribution is 2.18. The van der Waals surface area contributed by atoms with Crippen LogP contribution in [0.4, 0.5) is 5.69 Å². The van der Waals surface area contributed by atoms with Crippen LogP contribution in [0.25, 0.3) is 0 Å². The molecule has 0 heterocycles. The summed E-state index contributed by atoms with van der Waals surface area (Å²) in [6.07, 6.45) is 2.51. The number of nitrogens with one attached hydrogen (secondary N) is 1. The molecular weight excluding hydrogens is 208 g/mol. The van der Waals surface area contributed by atoms with Crippen molar-refractivity contribution in [3.05, 3.63) is 29.8 Å². The minimum absolute atomic E-state index is 0.440. The normalized spacial score (nSPS) is 12.5. The summed E-state index contributed by atoms with van der Waals surface area (Å²) in [4.78, 5) is 2.32. The lowest BCUT2D eigenvalue weighted by atomic mass is 10.1. The summed E-state index contributed by atoms with van der Waals surface area (Å²) < 4.78 is 0. The molecule has 96 valence electrons. The number of benzene rings is 1. The Bertz CT molecular complexity index is 305. The van der Waals surface area contributed by atoms with Crippen molar-refractivity contribution in [2.75, 3.05) is 25.0 Å². The molecule has 0 amide bonds. The van der Waals surface area contributed by atoms with Gasteiger partial charge in [-0.1, -0.05) is 32.4 Å². The highest BCUT2D eigenvalue weighted by Gasteiger charge is 2.04. The van der Waals surface area contributed by atoms with Crippen molar-refractivity contribution in [3.8, 4) is 0 Å². The molecule has 0 aliphatic carbocycles. The van der Waals surface area contributed by atoms with Gasteiger partial charge in [-0.15, -0.1) is 0 Å². The number of unbranched alkanes of at least 4 members (excludes halogenated alkanes) is 1. The molecule has 17 heavy (non-hydrogen) atoms. The minimum Gasteiger partial charge on any atom is -0.375 e. The first-order valence-electron chi connectivity index (χ1n) is 6.73. The molecule has 1 aromatic carbocycles. The van der Waals surface area contributed by atoms with Gasteiger partial charge in [-0.05, 0) is 37.6 Å². The van der Waals surface area contributed by atoms with E-state index in [1.165, 1.54) is 24.1 Å². The standard InChI is InChI=1S/C15H26N2/c1-5-7-12-17(4)15-10-8-14(9-11-15)13(3)16-6-2/h8-11,13,16H,5-7,12H2,1-4H3. The second-order valence-electron chi connectivity index (χ2n) is 4.65. The van der Waals surface area contributed by atoms with E-state index in [1.54, 1.807) is 0 Å². The van der Waals surface area contributed by atoms with Crippen LogP contribution in [0.3, 0.4) is 0 Å². The molecule has 1 unspecified atom stereocenters. The summed E-state index contributed by atoms with van der Waals surface area (Å²) in [5.41, 5.74) is 2.67. The SMILES string of the molecule is CCCCN(C)c1ccc(C(C)NCC)cc1. The zero-order valence-corrected chi connectivity index (χ0v) is 11.7. The molecule has 1 aromatic rings. The van der Waals surface area contributed by atoms with E-state index < -0.39 is 0 Å². The predicted octanol–water partition coefficient (Wildman–Crippen LogP) is 3.59. The van der Waals surface area contributed by atoms with Crippen LogP contribution in [0.2, 0.25) is 0 Å². The quantitative estimate of drug-likeness (QED) is 0.775. The summed E-state index contributed by atoms with van der Waals surface area (Å²) in [7, 11) is 2.17. The lowest BCUT2D eigenvalue weighted by molar-refractivity contribution is 0.598. The Morgan fingerprint density at radius 1 is 1.18 bits per heavy atom. The van der Waals surface area contributed by atoms with Crippen LogP contribution in [0, 0.1) is 0 Å². The fraction of sp³-hybridized carbons (Fsp3) is 0.600. The number of hydrogen-bond donors (Lipinski definition) is 1. The molecule has 0 saturated carbocycles. The van der Waals surface area contributed by atoms with E-state index in [0.717, 1.165) is 13.1 Å². The smallest absolute Gasteiger partial charge is 0.0363 e. The van der Waals surface area contributed by atoms with Crippen molar-refractivity contribution >= 4 is 5.69 Å². The monoisotopic (exact) mass is 234 g/mol. The first-order chi connectivity index (χ1) is 8.19. The van der Waals surface area contributed by atoms with Gasteiger partial charge >= 0.3 is 0 Å². The average molecular weight is 234 g/mol. The molecule has 2 nitrogen and oxygen atoms in total. The maximum atomic E-state index is 3.43. The van der Waals surface area contributed by atoms with Crippen molar-refractivity contribution in [1.82, 2.24) is 5.32 Å². The second kappa shape index (κ2) is 7.33. The molecule has 0 aromatic heterocycles. The van der Waals surface area contributed by atoms with Gasteiger partial charge < -0.3 is 10.2 Å². The van der Waals surface area contributed by atoms with Crippen LogP contribution in [0.5, 0.6) is 0 Å². The molecule has 0 saturated heterocycles. The van der Waals surface area contributed by atoms with Crippen molar-refractivity contribution < 1.29 is 0 Å². The third kappa shape index (κ3) is 4.39. The summed E-state index contributed by atoms with van der Waals surface area (Å²) in [5, 5.41) is 3.43. The Kier molecular flexibility index (Phi) is 6.06. The largest absolute Gasteiger partial charge is 0.375 e. The van der Waals surface area contributed by atoms with Gasteiger partial charge in [-0.2, -0.15) is 0 Å². The van der Waals surface area contributed by atoms with E-state index in [-0.39, 0.29) is 0 Å². The Hall–Kier alpha value is -1.02. The maximum Gasteiger partial charge on any atom is 0.0363 e. The molecule has 0 bridgehead atoms. The maximum absolute atomic E-state index is 3.43. The van der Waals surface area contributed by atoms with E-state index in [1.807, 2.05) is 0 Å². The third-order valence-corrected chi connectivity index (χ3v) is 3.19. The van der Waals surface area contributed by atoms with Crippen LogP contribution in [0.15, 0.2) is 24.3 Å². The summed E-state index contributed by atoms with van der Waals surface area (Å²) in [5.74, 6) is 0. The first kappa shape index (κ1) is 14.0. The van der Waals surface area contributed by atoms with E-state index in [4.69, 9.17) is 0 Å². The molecule has 1 rings (SSSR count). The van der Waals surface area contributed by atoms with Crippen LogP contribution in [0.1, 0.15) is 45.2 Å². The molecule has 2 heteroatoms. The molecule has 0 radical (unpaired) electrons. The van der Waals surface area contributed by atoms with E-state index >= 15 is 0 Å². The van der Waals surface area contributed by atoms with Crippen molar-refractivity contribution in [1.29, 1.82) is 0 Å². The lowest BCUT2D eigenvalue weighted by Crippen LogP contribution is -2.19. The minimum atomic E-state index is 0.440. The Balaban J connectivity index is 2.60. The Labute approximate surface area is 106 Å². The molecule has 1 N–H and O–H groups in total. The van der Waals surface area contributed by atoms with Gasteiger partial charge in [-0.3, -0.25) is 0 Å². The first-order valence-corrected chi connectivity index (χ1v) is 6.73. The summed E-state index contributed by atoms with van der Waals surface area (Å²) >= 11 is 0. The van der Waals surface area contributed by atoms with E-state index in [2.05, 4.69) is 62.3 Å². The average Bonchev–Trinajstić information content (AvgIpc) is 2.36. The fourth-order valence-corrected chi connectivity index (χ4v) is 1.97. The van der Waals surface area contributed by atoms with Gasteiger partial charge in [0, 0.05) is 25.3 Å². The number of anilines is 1. The molecule has 0 aliphatic heterocycles. The molecule has 0 spiro atoms. The zero-order chi connectivity index (χ0) is 12.7. The number of nitrogens with zero attached hydrogens (tertiary/aromatic N) is 1. The third-order valence-electron chi connectivity index (χ3n) is 3.19. The number of hydrogen-bond acceptors (Lipinski definition) is 2. The van der Waals surface area contributed by atoms with Crippen molar-refractivity contribution in [3.63, 3.8) is 0 Å². The Morgan fingerprint density at radius 3 is 2.35 bits per heavy atom. The van der Waals surface area contributed by atoms with Gasteiger partial charge in [-0.25, -0.2) is 0 Å². The topological polar surface area (TPSA) is 15.3 Å². The van der Waals surface area contributed by atoms with E-state index in [9.17, 15) is 0 Å². The highest BCUT2D eigenvalue weighted by molar-refractivity contribution is 5.47. The van der Waals surface area contributed by atoms with Gasteiger partial charge in [0.2, 0.25) is 0 Å². The Morgan fingerprint density at radius 2 is 1.82 bits per heavy atom. The zero-order valence-electron chi connectivity index (χ0n) is 11.7. The lowest BCUT2D eigenvalue weighted by Gasteiger charge is -2.20.